The Kier molecular flexibility index (Phi) is 8.21. The van der Waals surface area contributed by atoms with E-state index in [1.165, 1.54) is 12.1 Å². The van der Waals surface area contributed by atoms with Crippen molar-refractivity contribution in [1.82, 2.24) is 4.90 Å². The Morgan fingerprint density at radius 1 is 0.725 bits per heavy atom. The number of hydrogen-bond donors (Lipinski definition) is 1. The van der Waals surface area contributed by atoms with E-state index in [0.717, 1.165) is 16.0 Å². The van der Waals surface area contributed by atoms with Crippen molar-refractivity contribution < 1.29 is 14.4 Å². The highest BCUT2D eigenvalue weighted by Gasteiger charge is 2.40. The van der Waals surface area contributed by atoms with Gasteiger partial charge >= 0.3 is 0 Å². The summed E-state index contributed by atoms with van der Waals surface area (Å²) < 4.78 is 0. The first-order valence-electron chi connectivity index (χ1n) is 12.3. The van der Waals surface area contributed by atoms with Crippen molar-refractivity contribution in [2.45, 2.75) is 13.1 Å². The first-order chi connectivity index (χ1) is 19.3. The summed E-state index contributed by atoms with van der Waals surface area (Å²) in [6.45, 7) is 0.880. The molecule has 200 valence electrons. The van der Waals surface area contributed by atoms with Crippen LogP contribution in [0, 0.1) is 0 Å². The molecule has 5 rings (SSSR count). The van der Waals surface area contributed by atoms with E-state index in [-0.39, 0.29) is 27.3 Å². The molecule has 0 unspecified atom stereocenters. The van der Waals surface area contributed by atoms with Gasteiger partial charge in [-0.2, -0.15) is 0 Å². The smallest absolute Gasteiger partial charge is 0.283 e. The molecule has 1 N–H and O–H groups in total. The van der Waals surface area contributed by atoms with Crippen LogP contribution in [0.4, 0.5) is 11.4 Å². The van der Waals surface area contributed by atoms with Gasteiger partial charge in [-0.05, 0) is 53.6 Å². The van der Waals surface area contributed by atoms with E-state index in [2.05, 4.69) is 5.32 Å². The molecule has 0 fully saturated rings. The van der Waals surface area contributed by atoms with Gasteiger partial charge in [-0.25, -0.2) is 4.90 Å². The summed E-state index contributed by atoms with van der Waals surface area (Å²) in [4.78, 5) is 42.2. The molecule has 0 aliphatic carbocycles. The third-order valence-electron chi connectivity index (χ3n) is 6.30. The van der Waals surface area contributed by atoms with Gasteiger partial charge in [0, 0.05) is 29.4 Å². The minimum atomic E-state index is -0.720. The Hall–Kier alpha value is -4.10. The molecule has 0 atom stereocenters. The van der Waals surface area contributed by atoms with Gasteiger partial charge in [0.15, 0.2) is 0 Å². The Labute approximate surface area is 246 Å². The maximum absolute atomic E-state index is 13.6. The summed E-state index contributed by atoms with van der Waals surface area (Å²) in [7, 11) is 0. The molecule has 9 heteroatoms. The fourth-order valence-corrected chi connectivity index (χ4v) is 4.90. The summed E-state index contributed by atoms with van der Waals surface area (Å²) in [5.74, 6) is -1.54. The lowest BCUT2D eigenvalue weighted by atomic mass is 10.1. The molecule has 0 saturated heterocycles. The Morgan fingerprint density at radius 2 is 1.30 bits per heavy atom. The zero-order valence-corrected chi connectivity index (χ0v) is 23.3. The molecule has 0 spiro atoms. The first kappa shape index (κ1) is 27.5. The number of carbonyl (C=O) groups is 3. The first-order valence-corrected chi connectivity index (χ1v) is 13.4. The molecule has 3 amide bonds. The van der Waals surface area contributed by atoms with Crippen molar-refractivity contribution in [1.29, 1.82) is 0 Å². The molecule has 0 radical (unpaired) electrons. The molecule has 0 aromatic heterocycles. The van der Waals surface area contributed by atoms with Gasteiger partial charge in [-0.15, -0.1) is 0 Å². The SMILES string of the molecule is O=C(c1ccc(NC2=C(Cl)C(=O)N(c3cc(Cl)ccc3Cl)C2=O)cc1)N(Cc1ccccc1)Cc1ccccc1. The predicted octanol–water partition coefficient (Wildman–Crippen LogP) is 7.27. The molecule has 4 aromatic carbocycles. The van der Waals surface area contributed by atoms with Gasteiger partial charge in [0.1, 0.15) is 10.7 Å². The third-order valence-corrected chi connectivity index (χ3v) is 7.20. The zero-order valence-electron chi connectivity index (χ0n) is 21.0. The number of benzene rings is 4. The van der Waals surface area contributed by atoms with Gasteiger partial charge in [-0.1, -0.05) is 95.5 Å². The number of hydrogen-bond acceptors (Lipinski definition) is 4. The van der Waals surface area contributed by atoms with Gasteiger partial charge < -0.3 is 10.2 Å². The molecule has 1 aliphatic rings. The zero-order chi connectivity index (χ0) is 28.2. The van der Waals surface area contributed by atoms with E-state index in [1.807, 2.05) is 60.7 Å². The second kappa shape index (κ2) is 12.0. The van der Waals surface area contributed by atoms with E-state index in [9.17, 15) is 14.4 Å². The highest BCUT2D eigenvalue weighted by atomic mass is 35.5. The van der Waals surface area contributed by atoms with Crippen LogP contribution in [0.1, 0.15) is 21.5 Å². The standard InChI is InChI=1S/C31H22Cl3N3O3/c32-23-13-16-25(33)26(17-23)37-30(39)27(34)28(31(37)40)35-24-14-11-22(12-15-24)29(38)36(18-20-7-3-1-4-8-20)19-21-9-5-2-6-10-21/h1-17,35H,18-19H2. The second-order valence-electron chi connectivity index (χ2n) is 9.07. The topological polar surface area (TPSA) is 69.7 Å². The van der Waals surface area contributed by atoms with Crippen molar-refractivity contribution in [3.8, 4) is 0 Å². The van der Waals surface area contributed by atoms with Crippen LogP contribution in [0.5, 0.6) is 0 Å². The summed E-state index contributed by atoms with van der Waals surface area (Å²) in [5, 5.41) is 3.12. The number of amides is 3. The van der Waals surface area contributed by atoms with Crippen molar-refractivity contribution in [3.05, 3.63) is 141 Å². The quantitative estimate of drug-likeness (QED) is 0.219. The summed E-state index contributed by atoms with van der Waals surface area (Å²) in [5.41, 5.74) is 3.01. The number of rotatable bonds is 8. The molecular weight excluding hydrogens is 569 g/mol. The predicted molar refractivity (Wildman–Crippen MR) is 158 cm³/mol. The molecule has 1 heterocycles. The van der Waals surface area contributed by atoms with Crippen molar-refractivity contribution in [3.63, 3.8) is 0 Å². The summed E-state index contributed by atoms with van der Waals surface area (Å²) in [6.07, 6.45) is 0. The maximum atomic E-state index is 13.6. The monoisotopic (exact) mass is 589 g/mol. The lowest BCUT2D eigenvalue weighted by Gasteiger charge is -2.23. The van der Waals surface area contributed by atoms with Crippen LogP contribution in [0.3, 0.4) is 0 Å². The van der Waals surface area contributed by atoms with Crippen molar-refractivity contribution >= 4 is 63.9 Å². The molecule has 40 heavy (non-hydrogen) atoms. The van der Waals surface area contributed by atoms with Crippen LogP contribution in [-0.2, 0) is 22.7 Å². The highest BCUT2D eigenvalue weighted by molar-refractivity contribution is 6.54. The van der Waals surface area contributed by atoms with Crippen LogP contribution < -0.4 is 10.2 Å². The molecular formula is C31H22Cl3N3O3. The van der Waals surface area contributed by atoms with Crippen LogP contribution in [0.15, 0.2) is 114 Å². The Bertz CT molecular complexity index is 1570. The van der Waals surface area contributed by atoms with Crippen LogP contribution in [0.2, 0.25) is 10.0 Å². The van der Waals surface area contributed by atoms with Gasteiger partial charge in [0.05, 0.1) is 10.7 Å². The largest absolute Gasteiger partial charge is 0.350 e. The van der Waals surface area contributed by atoms with Crippen molar-refractivity contribution in [2.24, 2.45) is 0 Å². The minimum absolute atomic E-state index is 0.100. The van der Waals surface area contributed by atoms with E-state index >= 15 is 0 Å². The third kappa shape index (κ3) is 5.89. The normalized spacial score (nSPS) is 13.1. The van der Waals surface area contributed by atoms with Crippen molar-refractivity contribution in [2.75, 3.05) is 10.2 Å². The number of halogens is 3. The van der Waals surface area contributed by atoms with E-state index < -0.39 is 11.8 Å². The second-order valence-corrected chi connectivity index (χ2v) is 10.3. The van der Waals surface area contributed by atoms with Crippen LogP contribution in [-0.4, -0.2) is 22.6 Å². The number of imide groups is 1. The number of carbonyl (C=O) groups excluding carboxylic acids is 3. The highest BCUT2D eigenvalue weighted by Crippen LogP contribution is 2.35. The molecule has 6 nitrogen and oxygen atoms in total. The molecule has 0 bridgehead atoms. The summed E-state index contributed by atoms with van der Waals surface area (Å²) in [6, 6.07) is 30.7. The maximum Gasteiger partial charge on any atom is 0.283 e. The molecule has 0 saturated carbocycles. The van der Waals surface area contributed by atoms with Crippen LogP contribution in [0.25, 0.3) is 0 Å². The van der Waals surface area contributed by atoms with Crippen LogP contribution >= 0.6 is 34.8 Å². The van der Waals surface area contributed by atoms with Gasteiger partial charge in [-0.3, -0.25) is 14.4 Å². The number of nitrogens with one attached hydrogen (secondary N) is 1. The lowest BCUT2D eigenvalue weighted by Crippen LogP contribution is -2.32. The average molecular weight is 591 g/mol. The lowest BCUT2D eigenvalue weighted by molar-refractivity contribution is -0.120. The van der Waals surface area contributed by atoms with Gasteiger partial charge in [0.25, 0.3) is 17.7 Å². The van der Waals surface area contributed by atoms with E-state index in [4.69, 9.17) is 34.8 Å². The fourth-order valence-electron chi connectivity index (χ4n) is 4.32. The van der Waals surface area contributed by atoms with E-state index in [0.29, 0.717) is 29.4 Å². The Balaban J connectivity index is 1.34. The molecule has 1 aliphatic heterocycles. The number of anilines is 2. The Morgan fingerprint density at radius 3 is 1.88 bits per heavy atom. The number of nitrogens with zero attached hydrogens (tertiary/aromatic N) is 2. The summed E-state index contributed by atoms with van der Waals surface area (Å²) >= 11 is 18.5. The van der Waals surface area contributed by atoms with Gasteiger partial charge in [0.2, 0.25) is 0 Å². The molecule has 4 aromatic rings. The average Bonchev–Trinajstić information content (AvgIpc) is 3.18. The fraction of sp³-hybridized carbons (Fsp3) is 0.0645. The van der Waals surface area contributed by atoms with E-state index in [1.54, 1.807) is 35.2 Å². The minimum Gasteiger partial charge on any atom is -0.350 e.